The lowest BCUT2D eigenvalue weighted by molar-refractivity contribution is 0.416. The fourth-order valence-electron chi connectivity index (χ4n) is 2.49. The van der Waals surface area contributed by atoms with Crippen molar-refractivity contribution in [1.82, 2.24) is 15.2 Å². The first kappa shape index (κ1) is 13.6. The van der Waals surface area contributed by atoms with Crippen LogP contribution in [0.25, 0.3) is 0 Å². The minimum Gasteiger partial charge on any atom is -0.495 e. The Labute approximate surface area is 124 Å². The van der Waals surface area contributed by atoms with E-state index in [-0.39, 0.29) is 0 Å². The van der Waals surface area contributed by atoms with Gasteiger partial charge in [0.2, 0.25) is 5.95 Å². The largest absolute Gasteiger partial charge is 0.495 e. The van der Waals surface area contributed by atoms with Crippen LogP contribution < -0.4 is 15.0 Å². The van der Waals surface area contributed by atoms with Crippen LogP contribution >= 0.6 is 0 Å². The Morgan fingerprint density at radius 2 is 2.05 bits per heavy atom. The molecule has 1 fully saturated rings. The lowest BCUT2D eigenvalue weighted by Gasteiger charge is -2.16. The van der Waals surface area contributed by atoms with E-state index in [0.717, 1.165) is 35.9 Å². The average Bonchev–Trinajstić information content (AvgIpc) is 3.02. The smallest absolute Gasteiger partial charge is 0.249 e. The van der Waals surface area contributed by atoms with E-state index in [1.165, 1.54) is 12.8 Å². The van der Waals surface area contributed by atoms with Crippen LogP contribution in [-0.2, 0) is 0 Å². The van der Waals surface area contributed by atoms with Gasteiger partial charge in [0.05, 0.1) is 19.0 Å². The minimum absolute atomic E-state index is 0.489. The van der Waals surface area contributed by atoms with Gasteiger partial charge >= 0.3 is 0 Å². The molecule has 0 spiro atoms. The lowest BCUT2D eigenvalue weighted by atomic mass is 10.2. The van der Waals surface area contributed by atoms with E-state index in [2.05, 4.69) is 25.4 Å². The SMILES string of the molecule is COc1ccc(C)cc1Nc1nncc(N2CCCC2)n1. The predicted molar refractivity (Wildman–Crippen MR) is 82.3 cm³/mol. The minimum atomic E-state index is 0.489. The second kappa shape index (κ2) is 5.95. The molecule has 1 saturated heterocycles. The van der Waals surface area contributed by atoms with Gasteiger partial charge in [0.1, 0.15) is 5.75 Å². The number of hydrogen-bond acceptors (Lipinski definition) is 6. The number of ether oxygens (including phenoxy) is 1. The molecule has 110 valence electrons. The Morgan fingerprint density at radius 3 is 2.81 bits per heavy atom. The monoisotopic (exact) mass is 285 g/mol. The number of nitrogens with one attached hydrogen (secondary N) is 1. The molecule has 1 aliphatic rings. The Balaban J connectivity index is 1.84. The summed E-state index contributed by atoms with van der Waals surface area (Å²) in [5.41, 5.74) is 1.99. The highest BCUT2D eigenvalue weighted by molar-refractivity contribution is 5.64. The molecule has 0 bridgehead atoms. The maximum absolute atomic E-state index is 5.35. The predicted octanol–water partition coefficient (Wildman–Crippen LogP) is 2.53. The topological polar surface area (TPSA) is 63.2 Å². The number of benzene rings is 1. The van der Waals surface area contributed by atoms with Crippen LogP contribution in [0.1, 0.15) is 18.4 Å². The number of methoxy groups -OCH3 is 1. The van der Waals surface area contributed by atoms with E-state index in [4.69, 9.17) is 4.74 Å². The summed E-state index contributed by atoms with van der Waals surface area (Å²) < 4.78 is 5.35. The van der Waals surface area contributed by atoms with E-state index >= 15 is 0 Å². The van der Waals surface area contributed by atoms with Gasteiger partial charge in [-0.3, -0.25) is 0 Å². The summed E-state index contributed by atoms with van der Waals surface area (Å²) in [7, 11) is 1.65. The highest BCUT2D eigenvalue weighted by atomic mass is 16.5. The number of rotatable bonds is 4. The van der Waals surface area contributed by atoms with Crippen LogP contribution in [0.5, 0.6) is 5.75 Å². The fourth-order valence-corrected chi connectivity index (χ4v) is 2.49. The molecule has 1 aliphatic heterocycles. The van der Waals surface area contributed by atoms with Gasteiger partial charge in [-0.05, 0) is 37.5 Å². The van der Waals surface area contributed by atoms with E-state index in [1.54, 1.807) is 13.3 Å². The summed E-state index contributed by atoms with van der Waals surface area (Å²) in [6.45, 7) is 4.10. The number of aromatic nitrogens is 3. The summed E-state index contributed by atoms with van der Waals surface area (Å²) in [5, 5.41) is 11.3. The van der Waals surface area contributed by atoms with Gasteiger partial charge < -0.3 is 15.0 Å². The van der Waals surface area contributed by atoms with Crippen molar-refractivity contribution in [2.45, 2.75) is 19.8 Å². The molecule has 0 amide bonds. The molecule has 2 aromatic rings. The number of anilines is 3. The maximum atomic E-state index is 5.35. The van der Waals surface area contributed by atoms with Crippen molar-refractivity contribution in [1.29, 1.82) is 0 Å². The number of nitrogens with zero attached hydrogens (tertiary/aromatic N) is 4. The molecular weight excluding hydrogens is 266 g/mol. The third kappa shape index (κ3) is 3.04. The van der Waals surface area contributed by atoms with Crippen molar-refractivity contribution in [3.05, 3.63) is 30.0 Å². The van der Waals surface area contributed by atoms with Crippen molar-refractivity contribution in [2.75, 3.05) is 30.4 Å². The molecule has 1 aromatic heterocycles. The van der Waals surface area contributed by atoms with E-state index in [9.17, 15) is 0 Å². The maximum Gasteiger partial charge on any atom is 0.249 e. The lowest BCUT2D eigenvalue weighted by Crippen LogP contribution is -2.20. The molecule has 1 N–H and O–H groups in total. The van der Waals surface area contributed by atoms with Crippen LogP contribution in [-0.4, -0.2) is 35.4 Å². The first-order valence-corrected chi connectivity index (χ1v) is 7.12. The standard InChI is InChI=1S/C15H19N5O/c1-11-5-6-13(21-2)12(9-11)17-15-18-14(10-16-19-15)20-7-3-4-8-20/h5-6,9-10H,3-4,7-8H2,1-2H3,(H,17,18,19). The molecule has 0 aliphatic carbocycles. The third-order valence-corrected chi connectivity index (χ3v) is 3.58. The number of aryl methyl sites for hydroxylation is 1. The third-order valence-electron chi connectivity index (χ3n) is 3.58. The van der Waals surface area contributed by atoms with Crippen molar-refractivity contribution in [3.8, 4) is 5.75 Å². The molecule has 1 aromatic carbocycles. The van der Waals surface area contributed by atoms with Crippen molar-refractivity contribution in [3.63, 3.8) is 0 Å². The second-order valence-electron chi connectivity index (χ2n) is 5.16. The molecule has 21 heavy (non-hydrogen) atoms. The number of hydrogen-bond donors (Lipinski definition) is 1. The van der Waals surface area contributed by atoms with Gasteiger partial charge in [-0.15, -0.1) is 5.10 Å². The molecule has 0 saturated carbocycles. The van der Waals surface area contributed by atoms with E-state index in [0.29, 0.717) is 5.95 Å². The molecule has 0 radical (unpaired) electrons. The average molecular weight is 285 g/mol. The van der Waals surface area contributed by atoms with Crippen molar-refractivity contribution < 1.29 is 4.74 Å². The van der Waals surface area contributed by atoms with Gasteiger partial charge in [-0.2, -0.15) is 10.1 Å². The van der Waals surface area contributed by atoms with Crippen molar-refractivity contribution in [2.24, 2.45) is 0 Å². The Kier molecular flexibility index (Phi) is 3.85. The quantitative estimate of drug-likeness (QED) is 0.931. The summed E-state index contributed by atoms with van der Waals surface area (Å²) in [4.78, 5) is 6.77. The summed E-state index contributed by atoms with van der Waals surface area (Å²) in [6.07, 6.45) is 4.13. The zero-order valence-electron chi connectivity index (χ0n) is 12.3. The summed E-state index contributed by atoms with van der Waals surface area (Å²) >= 11 is 0. The summed E-state index contributed by atoms with van der Waals surface area (Å²) in [6, 6.07) is 5.93. The Morgan fingerprint density at radius 1 is 1.24 bits per heavy atom. The second-order valence-corrected chi connectivity index (χ2v) is 5.16. The Hall–Kier alpha value is -2.37. The normalized spacial score (nSPS) is 14.3. The van der Waals surface area contributed by atoms with Crippen molar-refractivity contribution >= 4 is 17.5 Å². The van der Waals surface area contributed by atoms with E-state index in [1.807, 2.05) is 25.1 Å². The van der Waals surface area contributed by atoms with Crippen LogP contribution in [0.2, 0.25) is 0 Å². The molecular formula is C15H19N5O. The Bertz CT molecular complexity index is 625. The van der Waals surface area contributed by atoms with Gasteiger partial charge in [0.15, 0.2) is 5.82 Å². The first-order chi connectivity index (χ1) is 10.3. The molecule has 6 nitrogen and oxygen atoms in total. The fraction of sp³-hybridized carbons (Fsp3) is 0.400. The van der Waals surface area contributed by atoms with Crippen LogP contribution in [0.15, 0.2) is 24.4 Å². The molecule has 3 rings (SSSR count). The summed E-state index contributed by atoms with van der Waals surface area (Å²) in [5.74, 6) is 2.12. The van der Waals surface area contributed by atoms with Gasteiger partial charge in [-0.1, -0.05) is 6.07 Å². The van der Waals surface area contributed by atoms with Crippen LogP contribution in [0.4, 0.5) is 17.5 Å². The van der Waals surface area contributed by atoms with Crippen LogP contribution in [0.3, 0.4) is 0 Å². The van der Waals surface area contributed by atoms with Crippen LogP contribution in [0, 0.1) is 6.92 Å². The zero-order valence-corrected chi connectivity index (χ0v) is 12.3. The van der Waals surface area contributed by atoms with Gasteiger partial charge in [0, 0.05) is 13.1 Å². The molecule has 2 heterocycles. The molecule has 6 heteroatoms. The zero-order chi connectivity index (χ0) is 14.7. The first-order valence-electron chi connectivity index (χ1n) is 7.12. The van der Waals surface area contributed by atoms with Gasteiger partial charge in [0.25, 0.3) is 0 Å². The highest BCUT2D eigenvalue weighted by Crippen LogP contribution is 2.27. The molecule has 0 unspecified atom stereocenters. The molecule has 0 atom stereocenters. The van der Waals surface area contributed by atoms with Gasteiger partial charge in [-0.25, -0.2) is 0 Å². The van der Waals surface area contributed by atoms with E-state index < -0.39 is 0 Å². The highest BCUT2D eigenvalue weighted by Gasteiger charge is 2.15.